The lowest BCUT2D eigenvalue weighted by atomic mass is 10.2. The topological polar surface area (TPSA) is 29.1 Å². The lowest BCUT2D eigenvalue weighted by Gasteiger charge is -2.13. The highest BCUT2D eigenvalue weighted by molar-refractivity contribution is 8.00. The summed E-state index contributed by atoms with van der Waals surface area (Å²) < 4.78 is 37.5. The van der Waals surface area contributed by atoms with Gasteiger partial charge < -0.3 is 5.32 Å². The molecule has 2 nitrogen and oxygen atoms in total. The molecule has 0 aliphatic carbocycles. The van der Waals surface area contributed by atoms with Crippen LogP contribution >= 0.6 is 23.4 Å². The van der Waals surface area contributed by atoms with Crippen LogP contribution in [-0.2, 0) is 11.0 Å². The third-order valence-corrected chi connectivity index (χ3v) is 4.61. The van der Waals surface area contributed by atoms with Crippen LogP contribution < -0.4 is 5.32 Å². The average Bonchev–Trinajstić information content (AvgIpc) is 2.49. The summed E-state index contributed by atoms with van der Waals surface area (Å²) in [5, 5.41) is 2.69. The summed E-state index contributed by atoms with van der Waals surface area (Å²) in [7, 11) is 0. The molecule has 2 rings (SSSR count). The zero-order valence-corrected chi connectivity index (χ0v) is 13.6. The van der Waals surface area contributed by atoms with E-state index in [1.54, 1.807) is 25.1 Å². The maximum atomic E-state index is 12.5. The molecular weight excluding hydrogens is 347 g/mol. The Balaban J connectivity index is 2.00. The molecule has 0 fully saturated rings. The van der Waals surface area contributed by atoms with Gasteiger partial charge in [-0.05, 0) is 43.3 Å². The molecule has 0 aliphatic rings. The number of rotatable bonds is 4. The molecule has 0 heterocycles. The van der Waals surface area contributed by atoms with Gasteiger partial charge in [0.05, 0.1) is 15.8 Å². The van der Waals surface area contributed by atoms with Crippen molar-refractivity contribution in [3.63, 3.8) is 0 Å². The van der Waals surface area contributed by atoms with Crippen LogP contribution in [0.2, 0.25) is 5.02 Å². The van der Waals surface area contributed by atoms with Crippen molar-refractivity contribution in [2.24, 2.45) is 0 Å². The first-order valence-corrected chi connectivity index (χ1v) is 7.92. The first-order chi connectivity index (χ1) is 10.8. The Morgan fingerprint density at radius 3 is 2.30 bits per heavy atom. The van der Waals surface area contributed by atoms with Crippen molar-refractivity contribution in [1.29, 1.82) is 0 Å². The first kappa shape index (κ1) is 17.7. The molecule has 0 bridgehead atoms. The number of benzene rings is 2. The third-order valence-electron chi connectivity index (χ3n) is 2.99. The lowest BCUT2D eigenvalue weighted by Crippen LogP contribution is -2.22. The van der Waals surface area contributed by atoms with Gasteiger partial charge in [-0.2, -0.15) is 13.2 Å². The molecule has 2 aromatic rings. The van der Waals surface area contributed by atoms with E-state index in [4.69, 9.17) is 11.6 Å². The second-order valence-electron chi connectivity index (χ2n) is 4.75. The fourth-order valence-corrected chi connectivity index (χ4v) is 2.92. The van der Waals surface area contributed by atoms with Gasteiger partial charge in [0.2, 0.25) is 5.91 Å². The Morgan fingerprint density at radius 1 is 1.13 bits per heavy atom. The maximum absolute atomic E-state index is 12.5. The largest absolute Gasteiger partial charge is 0.416 e. The molecule has 1 amide bonds. The number of amides is 1. The molecule has 7 heteroatoms. The van der Waals surface area contributed by atoms with E-state index in [9.17, 15) is 18.0 Å². The van der Waals surface area contributed by atoms with Crippen LogP contribution in [0.5, 0.6) is 0 Å². The number of hydrogen-bond donors (Lipinski definition) is 1. The van der Waals surface area contributed by atoms with Gasteiger partial charge in [-0.15, -0.1) is 11.8 Å². The minimum atomic E-state index is -4.39. The van der Waals surface area contributed by atoms with Crippen molar-refractivity contribution in [2.45, 2.75) is 23.2 Å². The fourth-order valence-electron chi connectivity index (χ4n) is 1.77. The number of halogens is 4. The Morgan fingerprint density at radius 2 is 1.74 bits per heavy atom. The number of hydrogen-bond acceptors (Lipinski definition) is 2. The van der Waals surface area contributed by atoms with Gasteiger partial charge in [0.25, 0.3) is 0 Å². The van der Waals surface area contributed by atoms with Crippen LogP contribution in [0.4, 0.5) is 18.9 Å². The first-order valence-electron chi connectivity index (χ1n) is 6.66. The van der Waals surface area contributed by atoms with Crippen molar-refractivity contribution in [2.75, 3.05) is 5.32 Å². The molecule has 1 atom stereocenters. The number of carbonyl (C=O) groups is 1. The highest BCUT2D eigenvalue weighted by atomic mass is 35.5. The molecule has 0 unspecified atom stereocenters. The Bertz CT molecular complexity index is 688. The molecule has 2 aromatic carbocycles. The van der Waals surface area contributed by atoms with Gasteiger partial charge in [0.1, 0.15) is 0 Å². The van der Waals surface area contributed by atoms with Gasteiger partial charge in [-0.3, -0.25) is 4.79 Å². The average molecular weight is 360 g/mol. The van der Waals surface area contributed by atoms with E-state index >= 15 is 0 Å². The van der Waals surface area contributed by atoms with E-state index in [0.717, 1.165) is 17.0 Å². The van der Waals surface area contributed by atoms with Crippen molar-refractivity contribution in [3.8, 4) is 0 Å². The molecule has 122 valence electrons. The van der Waals surface area contributed by atoms with Gasteiger partial charge in [-0.25, -0.2) is 0 Å². The van der Waals surface area contributed by atoms with Crippen LogP contribution in [-0.4, -0.2) is 11.2 Å². The standard InChI is InChI=1S/C16H13ClF3NOS/c1-10(23-14-5-3-2-4-13(14)17)15(22)21-12-8-6-11(7-9-12)16(18,19)20/h2-10H,1H3,(H,21,22)/t10-/m1/s1. The Labute approximate surface area is 141 Å². The second-order valence-corrected chi connectivity index (χ2v) is 6.54. The van der Waals surface area contributed by atoms with E-state index in [1.807, 2.05) is 6.07 Å². The van der Waals surface area contributed by atoms with Crippen LogP contribution in [0, 0.1) is 0 Å². The molecule has 0 saturated carbocycles. The normalized spacial score (nSPS) is 12.7. The number of nitrogens with one attached hydrogen (secondary N) is 1. The smallest absolute Gasteiger partial charge is 0.325 e. The summed E-state index contributed by atoms with van der Waals surface area (Å²) in [6.45, 7) is 1.70. The number of thioether (sulfide) groups is 1. The monoisotopic (exact) mass is 359 g/mol. The van der Waals surface area contributed by atoms with Gasteiger partial charge >= 0.3 is 6.18 Å². The summed E-state index contributed by atoms with van der Waals surface area (Å²) in [6, 6.07) is 11.5. The Kier molecular flexibility index (Phi) is 5.59. The van der Waals surface area contributed by atoms with E-state index in [2.05, 4.69) is 5.32 Å². The molecular formula is C16H13ClF3NOS. The lowest BCUT2D eigenvalue weighted by molar-refractivity contribution is -0.137. The summed E-state index contributed by atoms with van der Waals surface area (Å²) in [6.07, 6.45) is -4.39. The molecule has 23 heavy (non-hydrogen) atoms. The van der Waals surface area contributed by atoms with Crippen molar-refractivity contribution < 1.29 is 18.0 Å². The van der Waals surface area contributed by atoms with Crippen molar-refractivity contribution in [1.82, 2.24) is 0 Å². The molecule has 0 aliphatic heterocycles. The zero-order valence-electron chi connectivity index (χ0n) is 12.0. The molecule has 0 aromatic heterocycles. The van der Waals surface area contributed by atoms with E-state index in [-0.39, 0.29) is 5.91 Å². The van der Waals surface area contributed by atoms with Gasteiger partial charge in [0.15, 0.2) is 0 Å². The molecule has 0 saturated heterocycles. The molecule has 1 N–H and O–H groups in total. The van der Waals surface area contributed by atoms with Gasteiger partial charge in [-0.1, -0.05) is 23.7 Å². The van der Waals surface area contributed by atoms with E-state index < -0.39 is 17.0 Å². The Hall–Kier alpha value is -1.66. The second kappa shape index (κ2) is 7.27. The minimum absolute atomic E-state index is 0.310. The number of carbonyl (C=O) groups excluding carboxylic acids is 1. The van der Waals surface area contributed by atoms with Crippen molar-refractivity contribution in [3.05, 3.63) is 59.1 Å². The zero-order chi connectivity index (χ0) is 17.0. The predicted molar refractivity (Wildman–Crippen MR) is 86.8 cm³/mol. The third kappa shape index (κ3) is 4.91. The molecule has 0 radical (unpaired) electrons. The van der Waals surface area contributed by atoms with Crippen LogP contribution in [0.1, 0.15) is 12.5 Å². The minimum Gasteiger partial charge on any atom is -0.325 e. The highest BCUT2D eigenvalue weighted by Gasteiger charge is 2.30. The maximum Gasteiger partial charge on any atom is 0.416 e. The fraction of sp³-hybridized carbons (Fsp3) is 0.188. The van der Waals surface area contributed by atoms with Crippen LogP contribution in [0.3, 0.4) is 0 Å². The highest BCUT2D eigenvalue weighted by Crippen LogP contribution is 2.31. The van der Waals surface area contributed by atoms with E-state index in [1.165, 1.54) is 23.9 Å². The quantitative estimate of drug-likeness (QED) is 0.732. The van der Waals surface area contributed by atoms with Crippen molar-refractivity contribution >= 4 is 35.0 Å². The summed E-state index contributed by atoms with van der Waals surface area (Å²) >= 11 is 7.32. The summed E-state index contributed by atoms with van der Waals surface area (Å²) in [5.41, 5.74) is -0.441. The number of alkyl halides is 3. The van der Waals surface area contributed by atoms with E-state index in [0.29, 0.717) is 10.7 Å². The summed E-state index contributed by atoms with van der Waals surface area (Å²) in [4.78, 5) is 12.9. The summed E-state index contributed by atoms with van der Waals surface area (Å²) in [5.74, 6) is -0.310. The SMILES string of the molecule is C[C@@H](Sc1ccccc1Cl)C(=O)Nc1ccc(C(F)(F)F)cc1. The predicted octanol–water partition coefficient (Wildman–Crippen LogP) is 5.48. The van der Waals surface area contributed by atoms with Crippen LogP contribution in [0.15, 0.2) is 53.4 Å². The van der Waals surface area contributed by atoms with Gasteiger partial charge in [0, 0.05) is 10.6 Å². The van der Waals surface area contributed by atoms with Crippen LogP contribution in [0.25, 0.3) is 0 Å². The number of anilines is 1. The molecule has 0 spiro atoms.